The number of carboxylic acid groups (broad SMARTS) is 1. The molecule has 2 N–H and O–H groups in total. The summed E-state index contributed by atoms with van der Waals surface area (Å²) in [6.07, 6.45) is 2.39. The molecule has 2 heterocycles. The lowest BCUT2D eigenvalue weighted by Crippen LogP contribution is -2.42. The Morgan fingerprint density at radius 2 is 2.31 bits per heavy atom. The molecule has 86 valence electrons. The third-order valence-corrected chi connectivity index (χ3v) is 3.04. The van der Waals surface area contributed by atoms with Gasteiger partial charge in [0.25, 0.3) is 5.91 Å². The molecule has 1 fully saturated rings. The van der Waals surface area contributed by atoms with E-state index in [2.05, 4.69) is 4.98 Å². The maximum absolute atomic E-state index is 12.0. The van der Waals surface area contributed by atoms with Crippen molar-refractivity contribution in [2.75, 3.05) is 6.54 Å². The molecular weight excluding hydrogens is 208 g/mol. The fourth-order valence-electron chi connectivity index (χ4n) is 2.17. The SMILES string of the molecule is CC1CCN(C(=O)c2ccc[nH]2)C1C(=O)O. The van der Waals surface area contributed by atoms with Crippen LogP contribution in [0, 0.1) is 5.92 Å². The number of nitrogens with one attached hydrogen (secondary N) is 1. The number of hydrogen-bond acceptors (Lipinski definition) is 2. The van der Waals surface area contributed by atoms with Gasteiger partial charge in [-0.15, -0.1) is 0 Å². The van der Waals surface area contributed by atoms with Crippen LogP contribution in [0.4, 0.5) is 0 Å². The van der Waals surface area contributed by atoms with Gasteiger partial charge in [-0.1, -0.05) is 6.92 Å². The average molecular weight is 222 g/mol. The molecule has 2 unspecified atom stereocenters. The number of carbonyl (C=O) groups is 2. The van der Waals surface area contributed by atoms with E-state index in [-0.39, 0.29) is 11.8 Å². The summed E-state index contributed by atoms with van der Waals surface area (Å²) in [6, 6.07) is 2.68. The molecule has 0 bridgehead atoms. The second-order valence-electron chi connectivity index (χ2n) is 4.13. The van der Waals surface area contributed by atoms with Crippen LogP contribution < -0.4 is 0 Å². The van der Waals surface area contributed by atoms with Crippen molar-refractivity contribution in [1.29, 1.82) is 0 Å². The Bertz CT molecular complexity index is 399. The van der Waals surface area contributed by atoms with Gasteiger partial charge in [-0.2, -0.15) is 0 Å². The van der Waals surface area contributed by atoms with Crippen molar-refractivity contribution in [2.45, 2.75) is 19.4 Å². The molecule has 0 saturated carbocycles. The van der Waals surface area contributed by atoms with Gasteiger partial charge in [0.1, 0.15) is 11.7 Å². The number of carbonyl (C=O) groups excluding carboxylic acids is 1. The molecule has 1 aliphatic heterocycles. The fourth-order valence-corrected chi connectivity index (χ4v) is 2.17. The topological polar surface area (TPSA) is 73.4 Å². The van der Waals surface area contributed by atoms with Gasteiger partial charge in [-0.05, 0) is 24.5 Å². The minimum Gasteiger partial charge on any atom is -0.480 e. The van der Waals surface area contributed by atoms with Gasteiger partial charge in [0.15, 0.2) is 0 Å². The van der Waals surface area contributed by atoms with E-state index >= 15 is 0 Å². The van der Waals surface area contributed by atoms with E-state index in [0.717, 1.165) is 6.42 Å². The van der Waals surface area contributed by atoms with Crippen LogP contribution in [0.1, 0.15) is 23.8 Å². The molecule has 16 heavy (non-hydrogen) atoms. The zero-order chi connectivity index (χ0) is 11.7. The minimum atomic E-state index is -0.926. The van der Waals surface area contributed by atoms with Crippen molar-refractivity contribution in [2.24, 2.45) is 5.92 Å². The molecule has 1 aliphatic rings. The highest BCUT2D eigenvalue weighted by Gasteiger charge is 2.39. The standard InChI is InChI=1S/C11H14N2O3/c1-7-4-6-13(9(7)11(15)16)10(14)8-3-2-5-12-8/h2-3,5,7,9,12H,4,6H2,1H3,(H,15,16). The van der Waals surface area contributed by atoms with E-state index in [4.69, 9.17) is 5.11 Å². The van der Waals surface area contributed by atoms with Crippen LogP contribution in [-0.2, 0) is 4.79 Å². The summed E-state index contributed by atoms with van der Waals surface area (Å²) in [6.45, 7) is 2.37. The average Bonchev–Trinajstić information content (AvgIpc) is 2.84. The first-order chi connectivity index (χ1) is 7.61. The predicted octanol–water partition coefficient (Wildman–Crippen LogP) is 0.950. The van der Waals surface area contributed by atoms with E-state index in [0.29, 0.717) is 12.2 Å². The summed E-state index contributed by atoms with van der Waals surface area (Å²) in [5.74, 6) is -1.15. The highest BCUT2D eigenvalue weighted by atomic mass is 16.4. The second-order valence-corrected chi connectivity index (χ2v) is 4.13. The summed E-state index contributed by atoms with van der Waals surface area (Å²) >= 11 is 0. The lowest BCUT2D eigenvalue weighted by molar-refractivity contribution is -0.142. The Balaban J connectivity index is 2.21. The van der Waals surface area contributed by atoms with E-state index < -0.39 is 12.0 Å². The molecule has 0 spiro atoms. The molecule has 1 aromatic heterocycles. The summed E-state index contributed by atoms with van der Waals surface area (Å²) in [4.78, 5) is 27.3. The van der Waals surface area contributed by atoms with Crippen LogP contribution in [0.15, 0.2) is 18.3 Å². The number of aromatic amines is 1. The van der Waals surface area contributed by atoms with Crippen molar-refractivity contribution < 1.29 is 14.7 Å². The molecule has 2 atom stereocenters. The Morgan fingerprint density at radius 3 is 2.88 bits per heavy atom. The predicted molar refractivity (Wildman–Crippen MR) is 57.0 cm³/mol. The number of likely N-dealkylation sites (tertiary alicyclic amines) is 1. The van der Waals surface area contributed by atoms with E-state index in [1.54, 1.807) is 18.3 Å². The maximum Gasteiger partial charge on any atom is 0.326 e. The Labute approximate surface area is 93.1 Å². The van der Waals surface area contributed by atoms with Crippen LogP contribution in [0.25, 0.3) is 0 Å². The van der Waals surface area contributed by atoms with Crippen molar-refractivity contribution in [3.05, 3.63) is 24.0 Å². The van der Waals surface area contributed by atoms with Gasteiger partial charge in [0, 0.05) is 12.7 Å². The normalized spacial score (nSPS) is 24.7. The Hall–Kier alpha value is -1.78. The summed E-state index contributed by atoms with van der Waals surface area (Å²) in [5, 5.41) is 9.10. The van der Waals surface area contributed by atoms with Crippen LogP contribution in [0.5, 0.6) is 0 Å². The fraction of sp³-hybridized carbons (Fsp3) is 0.455. The molecule has 5 heteroatoms. The smallest absolute Gasteiger partial charge is 0.326 e. The molecule has 1 amide bonds. The molecular formula is C11H14N2O3. The molecule has 1 aromatic rings. The van der Waals surface area contributed by atoms with Gasteiger partial charge in [0.05, 0.1) is 0 Å². The van der Waals surface area contributed by atoms with E-state index in [1.807, 2.05) is 6.92 Å². The first kappa shape index (κ1) is 10.7. The summed E-state index contributed by atoms with van der Waals surface area (Å²) < 4.78 is 0. The highest BCUT2D eigenvalue weighted by molar-refractivity contribution is 5.95. The first-order valence-electron chi connectivity index (χ1n) is 5.28. The summed E-state index contributed by atoms with van der Waals surface area (Å²) in [5.41, 5.74) is 0.445. The number of hydrogen-bond donors (Lipinski definition) is 2. The van der Waals surface area contributed by atoms with Crippen molar-refractivity contribution >= 4 is 11.9 Å². The third-order valence-electron chi connectivity index (χ3n) is 3.04. The summed E-state index contributed by atoms with van der Waals surface area (Å²) in [7, 11) is 0. The van der Waals surface area contributed by atoms with Crippen molar-refractivity contribution in [1.82, 2.24) is 9.88 Å². The third kappa shape index (κ3) is 1.68. The Kier molecular flexibility index (Phi) is 2.68. The molecule has 0 aromatic carbocycles. The number of nitrogens with zero attached hydrogens (tertiary/aromatic N) is 1. The van der Waals surface area contributed by atoms with Crippen molar-refractivity contribution in [3.63, 3.8) is 0 Å². The number of rotatable bonds is 2. The lowest BCUT2D eigenvalue weighted by atomic mass is 10.0. The van der Waals surface area contributed by atoms with Gasteiger partial charge >= 0.3 is 5.97 Å². The van der Waals surface area contributed by atoms with Crippen molar-refractivity contribution in [3.8, 4) is 0 Å². The highest BCUT2D eigenvalue weighted by Crippen LogP contribution is 2.25. The number of aliphatic carboxylic acids is 1. The van der Waals surface area contributed by atoms with Crippen LogP contribution in [-0.4, -0.2) is 39.5 Å². The number of carboxylic acids is 1. The Morgan fingerprint density at radius 1 is 1.56 bits per heavy atom. The van der Waals surface area contributed by atoms with Gasteiger partial charge < -0.3 is 15.0 Å². The zero-order valence-corrected chi connectivity index (χ0v) is 9.01. The molecule has 2 rings (SSSR count). The van der Waals surface area contributed by atoms with Gasteiger partial charge in [0.2, 0.25) is 0 Å². The minimum absolute atomic E-state index is 0.0106. The molecule has 0 radical (unpaired) electrons. The first-order valence-corrected chi connectivity index (χ1v) is 5.28. The van der Waals surface area contributed by atoms with Crippen LogP contribution >= 0.6 is 0 Å². The molecule has 1 saturated heterocycles. The quantitative estimate of drug-likeness (QED) is 0.782. The van der Waals surface area contributed by atoms with Crippen LogP contribution in [0.3, 0.4) is 0 Å². The van der Waals surface area contributed by atoms with E-state index in [9.17, 15) is 9.59 Å². The number of H-pyrrole nitrogens is 1. The number of aromatic nitrogens is 1. The molecule has 0 aliphatic carbocycles. The number of amides is 1. The zero-order valence-electron chi connectivity index (χ0n) is 9.01. The van der Waals surface area contributed by atoms with Gasteiger partial charge in [-0.25, -0.2) is 4.79 Å². The lowest BCUT2D eigenvalue weighted by Gasteiger charge is -2.22. The van der Waals surface area contributed by atoms with Gasteiger partial charge in [-0.3, -0.25) is 4.79 Å². The van der Waals surface area contributed by atoms with E-state index in [1.165, 1.54) is 4.90 Å². The largest absolute Gasteiger partial charge is 0.480 e. The monoisotopic (exact) mass is 222 g/mol. The molecule has 5 nitrogen and oxygen atoms in total. The maximum atomic E-state index is 12.0. The second kappa shape index (κ2) is 4.00. The van der Waals surface area contributed by atoms with Crippen LogP contribution in [0.2, 0.25) is 0 Å².